The first-order valence-corrected chi connectivity index (χ1v) is 9.73. The van der Waals surface area contributed by atoms with Gasteiger partial charge in [-0.05, 0) is 55.5 Å². The van der Waals surface area contributed by atoms with Crippen molar-refractivity contribution in [2.75, 3.05) is 31.1 Å². The number of thiophene rings is 1. The monoisotopic (exact) mass is 360 g/mol. The number of halogens is 1. The SMILES string of the molecule is Cc1ccc(Cl)cc1N1CCN(C(=O)c2cc3c(s2)CCC3)CC1. The van der Waals surface area contributed by atoms with Gasteiger partial charge in [0.2, 0.25) is 0 Å². The summed E-state index contributed by atoms with van der Waals surface area (Å²) in [5.74, 6) is 0.205. The van der Waals surface area contributed by atoms with Crippen LogP contribution in [0.25, 0.3) is 0 Å². The molecule has 1 amide bonds. The Kier molecular flexibility index (Phi) is 4.27. The molecule has 2 aliphatic rings. The van der Waals surface area contributed by atoms with Crippen molar-refractivity contribution in [2.24, 2.45) is 0 Å². The van der Waals surface area contributed by atoms with Gasteiger partial charge in [-0.15, -0.1) is 11.3 Å². The van der Waals surface area contributed by atoms with Crippen LogP contribution in [0.15, 0.2) is 24.3 Å². The van der Waals surface area contributed by atoms with Gasteiger partial charge in [0.05, 0.1) is 4.88 Å². The van der Waals surface area contributed by atoms with Crippen LogP contribution in [0, 0.1) is 6.92 Å². The van der Waals surface area contributed by atoms with Crippen LogP contribution < -0.4 is 4.90 Å². The lowest BCUT2D eigenvalue weighted by Crippen LogP contribution is -2.48. The van der Waals surface area contributed by atoms with Crippen molar-refractivity contribution in [3.05, 3.63) is 50.2 Å². The standard InChI is InChI=1S/C19H21ClN2OS/c1-13-5-6-15(20)12-16(13)21-7-9-22(10-8-21)19(23)18-11-14-3-2-4-17(14)24-18/h5-6,11-12H,2-4,7-10H2,1H3. The number of carbonyl (C=O) groups is 1. The molecule has 4 rings (SSSR count). The van der Waals surface area contributed by atoms with Crippen LogP contribution in [0.3, 0.4) is 0 Å². The number of fused-ring (bicyclic) bond motifs is 1. The molecule has 1 fully saturated rings. The van der Waals surface area contributed by atoms with E-state index < -0.39 is 0 Å². The van der Waals surface area contributed by atoms with E-state index >= 15 is 0 Å². The minimum absolute atomic E-state index is 0.205. The van der Waals surface area contributed by atoms with E-state index in [0.29, 0.717) is 0 Å². The third-order valence-corrected chi connectivity index (χ3v) is 6.50. The van der Waals surface area contributed by atoms with Crippen LogP contribution in [0.5, 0.6) is 0 Å². The normalized spacial score (nSPS) is 17.2. The van der Waals surface area contributed by atoms with Crippen LogP contribution >= 0.6 is 22.9 Å². The molecule has 0 radical (unpaired) electrons. The maximum Gasteiger partial charge on any atom is 0.264 e. The maximum absolute atomic E-state index is 12.8. The van der Waals surface area contributed by atoms with Crippen LogP contribution in [0.1, 0.15) is 32.1 Å². The Bertz CT molecular complexity index is 756. The number of rotatable bonds is 2. The highest BCUT2D eigenvalue weighted by molar-refractivity contribution is 7.14. The van der Waals surface area contributed by atoms with Crippen molar-refractivity contribution in [3.63, 3.8) is 0 Å². The minimum Gasteiger partial charge on any atom is -0.368 e. The molecule has 0 unspecified atom stereocenters. The number of anilines is 1. The van der Waals surface area contributed by atoms with E-state index in [1.807, 2.05) is 17.0 Å². The quantitative estimate of drug-likeness (QED) is 0.802. The predicted octanol–water partition coefficient (Wildman–Crippen LogP) is 4.16. The highest BCUT2D eigenvalue weighted by Gasteiger charge is 2.26. The van der Waals surface area contributed by atoms with Crippen molar-refractivity contribution < 1.29 is 4.79 Å². The lowest BCUT2D eigenvalue weighted by molar-refractivity contribution is 0.0751. The number of amides is 1. The smallest absolute Gasteiger partial charge is 0.264 e. The molecule has 2 aromatic rings. The summed E-state index contributed by atoms with van der Waals surface area (Å²) in [6, 6.07) is 8.14. The predicted molar refractivity (Wildman–Crippen MR) is 101 cm³/mol. The molecular weight excluding hydrogens is 340 g/mol. The molecule has 1 aromatic heterocycles. The number of nitrogens with zero attached hydrogens (tertiary/aromatic N) is 2. The highest BCUT2D eigenvalue weighted by Crippen LogP contribution is 2.32. The topological polar surface area (TPSA) is 23.6 Å². The number of hydrogen-bond acceptors (Lipinski definition) is 3. The Balaban J connectivity index is 1.43. The summed E-state index contributed by atoms with van der Waals surface area (Å²) >= 11 is 7.84. The number of aryl methyl sites for hydroxylation is 3. The molecule has 24 heavy (non-hydrogen) atoms. The molecule has 5 heteroatoms. The summed E-state index contributed by atoms with van der Waals surface area (Å²) in [7, 11) is 0. The Morgan fingerprint density at radius 3 is 2.67 bits per heavy atom. The Labute approximate surface area is 151 Å². The van der Waals surface area contributed by atoms with Gasteiger partial charge < -0.3 is 9.80 Å². The van der Waals surface area contributed by atoms with E-state index in [4.69, 9.17) is 11.6 Å². The van der Waals surface area contributed by atoms with Crippen molar-refractivity contribution in [3.8, 4) is 0 Å². The van der Waals surface area contributed by atoms with Gasteiger partial charge in [0, 0.05) is 41.8 Å². The molecule has 1 saturated heterocycles. The number of benzene rings is 1. The van der Waals surface area contributed by atoms with Crippen molar-refractivity contribution in [2.45, 2.75) is 26.2 Å². The summed E-state index contributed by atoms with van der Waals surface area (Å²) in [6.07, 6.45) is 3.53. The zero-order valence-electron chi connectivity index (χ0n) is 13.8. The zero-order valence-corrected chi connectivity index (χ0v) is 15.4. The molecule has 1 aromatic carbocycles. The Hall–Kier alpha value is -1.52. The fourth-order valence-corrected chi connectivity index (χ4v) is 5.05. The number of piperazine rings is 1. The minimum atomic E-state index is 0.205. The summed E-state index contributed by atoms with van der Waals surface area (Å²) in [4.78, 5) is 19.4. The second-order valence-corrected chi connectivity index (χ2v) is 8.20. The first kappa shape index (κ1) is 16.0. The summed E-state index contributed by atoms with van der Waals surface area (Å²) < 4.78 is 0. The molecule has 0 spiro atoms. The van der Waals surface area contributed by atoms with Crippen LogP contribution in [0.2, 0.25) is 5.02 Å². The van der Waals surface area contributed by atoms with Gasteiger partial charge in [0.25, 0.3) is 5.91 Å². The molecule has 1 aliphatic heterocycles. The second kappa shape index (κ2) is 6.41. The van der Waals surface area contributed by atoms with E-state index in [9.17, 15) is 4.79 Å². The molecule has 0 bridgehead atoms. The Morgan fingerprint density at radius 2 is 1.92 bits per heavy atom. The third-order valence-electron chi connectivity index (χ3n) is 5.04. The molecule has 2 heterocycles. The van der Waals surface area contributed by atoms with Gasteiger partial charge in [0.1, 0.15) is 0 Å². The van der Waals surface area contributed by atoms with Crippen molar-refractivity contribution >= 4 is 34.5 Å². The van der Waals surface area contributed by atoms with Crippen molar-refractivity contribution in [1.82, 2.24) is 4.90 Å². The third kappa shape index (κ3) is 2.93. The fourth-order valence-electron chi connectivity index (χ4n) is 3.66. The van der Waals surface area contributed by atoms with Crippen LogP contribution in [-0.2, 0) is 12.8 Å². The van der Waals surface area contributed by atoms with E-state index in [1.165, 1.54) is 28.1 Å². The van der Waals surface area contributed by atoms with Crippen LogP contribution in [-0.4, -0.2) is 37.0 Å². The van der Waals surface area contributed by atoms with Gasteiger partial charge in [-0.2, -0.15) is 0 Å². The molecule has 126 valence electrons. The summed E-state index contributed by atoms with van der Waals surface area (Å²) in [5.41, 5.74) is 3.81. The molecule has 0 N–H and O–H groups in total. The second-order valence-electron chi connectivity index (χ2n) is 6.62. The summed E-state index contributed by atoms with van der Waals surface area (Å²) in [6.45, 7) is 5.37. The van der Waals surface area contributed by atoms with Gasteiger partial charge in [-0.25, -0.2) is 0 Å². The van der Waals surface area contributed by atoms with Gasteiger partial charge >= 0.3 is 0 Å². The lowest BCUT2D eigenvalue weighted by Gasteiger charge is -2.36. The van der Waals surface area contributed by atoms with E-state index in [-0.39, 0.29) is 5.91 Å². The van der Waals surface area contributed by atoms with E-state index in [0.717, 1.165) is 48.9 Å². The Morgan fingerprint density at radius 1 is 1.12 bits per heavy atom. The highest BCUT2D eigenvalue weighted by atomic mass is 35.5. The molecule has 0 atom stereocenters. The number of hydrogen-bond donors (Lipinski definition) is 0. The van der Waals surface area contributed by atoms with Crippen LogP contribution in [0.4, 0.5) is 5.69 Å². The van der Waals surface area contributed by atoms with Gasteiger partial charge in [-0.3, -0.25) is 4.79 Å². The molecule has 1 aliphatic carbocycles. The van der Waals surface area contributed by atoms with Gasteiger partial charge in [0.15, 0.2) is 0 Å². The maximum atomic E-state index is 12.8. The number of carbonyl (C=O) groups excluding carboxylic acids is 1. The first-order chi connectivity index (χ1) is 11.6. The first-order valence-electron chi connectivity index (χ1n) is 8.54. The average Bonchev–Trinajstić information content (AvgIpc) is 3.18. The largest absolute Gasteiger partial charge is 0.368 e. The molecular formula is C19H21ClN2OS. The molecule has 0 saturated carbocycles. The average molecular weight is 361 g/mol. The molecule has 3 nitrogen and oxygen atoms in total. The summed E-state index contributed by atoms with van der Waals surface area (Å²) in [5, 5.41) is 0.766. The fraction of sp³-hybridized carbons (Fsp3) is 0.421. The van der Waals surface area contributed by atoms with Crippen molar-refractivity contribution in [1.29, 1.82) is 0 Å². The van der Waals surface area contributed by atoms with E-state index in [2.05, 4.69) is 24.0 Å². The van der Waals surface area contributed by atoms with Gasteiger partial charge in [-0.1, -0.05) is 17.7 Å². The lowest BCUT2D eigenvalue weighted by atomic mass is 10.1. The van der Waals surface area contributed by atoms with E-state index in [1.54, 1.807) is 11.3 Å². The zero-order chi connectivity index (χ0) is 16.7.